The summed E-state index contributed by atoms with van der Waals surface area (Å²) in [4.78, 5) is 7.29. The predicted molar refractivity (Wildman–Crippen MR) is 216 cm³/mol. The number of nitrogens with zero attached hydrogens (tertiary/aromatic N) is 3. The highest BCUT2D eigenvalue weighted by Gasteiger charge is 2.17. The summed E-state index contributed by atoms with van der Waals surface area (Å²) in [5.41, 5.74) is 9.91. The van der Waals surface area contributed by atoms with E-state index < -0.39 is 0 Å². The number of hydrogen-bond donors (Lipinski definition) is 0. The molecular weight excluding hydrogens is 655 g/mol. The van der Waals surface area contributed by atoms with Gasteiger partial charge in [0.25, 0.3) is 0 Å². The molecular formula is C47H29N3OS. The van der Waals surface area contributed by atoms with Gasteiger partial charge >= 0.3 is 0 Å². The van der Waals surface area contributed by atoms with Crippen molar-refractivity contribution in [2.45, 2.75) is 9.79 Å². The van der Waals surface area contributed by atoms with Crippen molar-refractivity contribution < 1.29 is 4.42 Å². The van der Waals surface area contributed by atoms with Crippen molar-refractivity contribution in [2.75, 3.05) is 0 Å². The Labute approximate surface area is 303 Å². The number of aromatic nitrogens is 3. The zero-order chi connectivity index (χ0) is 34.2. The normalized spacial score (nSPS) is 11.9. The third kappa shape index (κ3) is 4.53. The molecule has 0 atom stereocenters. The molecule has 5 heteroatoms. The predicted octanol–water partition coefficient (Wildman–Crippen LogP) is 13.0. The van der Waals surface area contributed by atoms with Crippen LogP contribution in [0.15, 0.2) is 190 Å². The van der Waals surface area contributed by atoms with Crippen LogP contribution >= 0.6 is 11.8 Å². The van der Waals surface area contributed by atoms with E-state index in [0.29, 0.717) is 0 Å². The lowest BCUT2D eigenvalue weighted by atomic mass is 10.1. The van der Waals surface area contributed by atoms with E-state index in [1.807, 2.05) is 18.3 Å². The lowest BCUT2D eigenvalue weighted by molar-refractivity contribution is 0.666. The van der Waals surface area contributed by atoms with Crippen LogP contribution in [0.2, 0.25) is 0 Å². The Morgan fingerprint density at radius 1 is 0.404 bits per heavy atom. The zero-order valence-corrected chi connectivity index (χ0v) is 28.7. The molecule has 4 heterocycles. The van der Waals surface area contributed by atoms with E-state index in [4.69, 9.17) is 9.40 Å². The molecule has 244 valence electrons. The quantitative estimate of drug-likeness (QED) is 0.181. The van der Waals surface area contributed by atoms with E-state index in [1.165, 1.54) is 53.5 Å². The van der Waals surface area contributed by atoms with Crippen LogP contribution in [0.3, 0.4) is 0 Å². The average molecular weight is 684 g/mol. The highest BCUT2D eigenvalue weighted by molar-refractivity contribution is 7.99. The molecule has 0 spiro atoms. The number of para-hydroxylation sites is 3. The fourth-order valence-electron chi connectivity index (χ4n) is 7.89. The number of pyridine rings is 1. The Bertz CT molecular complexity index is 3170. The summed E-state index contributed by atoms with van der Waals surface area (Å²) < 4.78 is 10.8. The summed E-state index contributed by atoms with van der Waals surface area (Å²) in [5.74, 6) is 0.877. The number of benzene rings is 7. The Balaban J connectivity index is 1.01. The highest BCUT2D eigenvalue weighted by atomic mass is 32.2. The fourth-order valence-corrected chi connectivity index (χ4v) is 8.79. The van der Waals surface area contributed by atoms with Crippen LogP contribution in [0.1, 0.15) is 0 Å². The van der Waals surface area contributed by atoms with Crippen LogP contribution < -0.4 is 0 Å². The largest absolute Gasteiger partial charge is 0.454 e. The van der Waals surface area contributed by atoms with Gasteiger partial charge in [-0.2, -0.15) is 0 Å². The maximum atomic E-state index is 6.09. The molecule has 0 bridgehead atoms. The minimum absolute atomic E-state index is 0.796. The van der Waals surface area contributed by atoms with E-state index in [9.17, 15) is 0 Å². The number of hydrogen-bond acceptors (Lipinski definition) is 3. The SMILES string of the molecule is c1ccc(-c2cccc(-n3c4ccccc4c4cc(Sc5ccc6c(c5)c5ccccc5n6-c5cc6c(cn5)oc5ccccc56)ccc43)c2)cc1. The molecule has 0 fully saturated rings. The Kier molecular flexibility index (Phi) is 6.45. The zero-order valence-electron chi connectivity index (χ0n) is 27.9. The second-order valence-electron chi connectivity index (χ2n) is 13.2. The van der Waals surface area contributed by atoms with Crippen molar-refractivity contribution in [3.05, 3.63) is 176 Å². The number of rotatable bonds is 5. The smallest absolute Gasteiger partial charge is 0.153 e. The van der Waals surface area contributed by atoms with E-state index >= 15 is 0 Å². The summed E-state index contributed by atoms with van der Waals surface area (Å²) in [6.45, 7) is 0. The van der Waals surface area contributed by atoms with E-state index in [-0.39, 0.29) is 0 Å². The second kappa shape index (κ2) is 11.5. The lowest BCUT2D eigenvalue weighted by Crippen LogP contribution is -1.96. The van der Waals surface area contributed by atoms with E-state index in [0.717, 1.165) is 44.5 Å². The van der Waals surface area contributed by atoms with Crippen LogP contribution in [0, 0.1) is 0 Å². The molecule has 0 aliphatic heterocycles. The second-order valence-corrected chi connectivity index (χ2v) is 14.4. The molecule has 4 aromatic heterocycles. The molecule has 4 nitrogen and oxygen atoms in total. The first-order valence-corrected chi connectivity index (χ1v) is 18.3. The minimum Gasteiger partial charge on any atom is -0.454 e. The van der Waals surface area contributed by atoms with Crippen molar-refractivity contribution in [3.63, 3.8) is 0 Å². The molecule has 7 aromatic carbocycles. The topological polar surface area (TPSA) is 35.9 Å². The van der Waals surface area contributed by atoms with Gasteiger partial charge < -0.3 is 8.98 Å². The summed E-state index contributed by atoms with van der Waals surface area (Å²) in [6, 6.07) is 60.8. The van der Waals surface area contributed by atoms with Crippen molar-refractivity contribution in [1.82, 2.24) is 14.1 Å². The van der Waals surface area contributed by atoms with Crippen LogP contribution in [0.5, 0.6) is 0 Å². The monoisotopic (exact) mass is 683 g/mol. The summed E-state index contributed by atoms with van der Waals surface area (Å²) in [5, 5.41) is 7.07. The van der Waals surface area contributed by atoms with E-state index in [2.05, 4.69) is 167 Å². The van der Waals surface area contributed by atoms with Crippen LogP contribution in [0.25, 0.3) is 88.2 Å². The Morgan fingerprint density at radius 3 is 1.75 bits per heavy atom. The van der Waals surface area contributed by atoms with Crippen LogP contribution in [0.4, 0.5) is 0 Å². The third-order valence-electron chi connectivity index (χ3n) is 10.2. The van der Waals surface area contributed by atoms with Gasteiger partial charge in [0.2, 0.25) is 0 Å². The molecule has 52 heavy (non-hydrogen) atoms. The van der Waals surface area contributed by atoms with Gasteiger partial charge in [-0.25, -0.2) is 4.98 Å². The van der Waals surface area contributed by atoms with E-state index in [1.54, 1.807) is 11.8 Å². The van der Waals surface area contributed by atoms with Crippen molar-refractivity contribution in [1.29, 1.82) is 0 Å². The molecule has 0 aliphatic carbocycles. The number of furan rings is 1. The van der Waals surface area contributed by atoms with Gasteiger partial charge in [0.15, 0.2) is 5.58 Å². The van der Waals surface area contributed by atoms with Crippen molar-refractivity contribution in [2.24, 2.45) is 0 Å². The molecule has 0 saturated carbocycles. The fraction of sp³-hybridized carbons (Fsp3) is 0. The molecule has 0 aliphatic rings. The van der Waals surface area contributed by atoms with Gasteiger partial charge in [0.05, 0.1) is 28.3 Å². The van der Waals surface area contributed by atoms with Crippen molar-refractivity contribution >= 4 is 77.3 Å². The van der Waals surface area contributed by atoms with Gasteiger partial charge in [-0.15, -0.1) is 0 Å². The Morgan fingerprint density at radius 2 is 1.00 bits per heavy atom. The highest BCUT2D eigenvalue weighted by Crippen LogP contribution is 2.40. The molecule has 0 amide bonds. The van der Waals surface area contributed by atoms with Gasteiger partial charge in [0, 0.05) is 47.8 Å². The van der Waals surface area contributed by atoms with Gasteiger partial charge in [-0.05, 0) is 83.9 Å². The lowest BCUT2D eigenvalue weighted by Gasteiger charge is -2.11. The molecule has 0 radical (unpaired) electrons. The average Bonchev–Trinajstić information content (AvgIpc) is 3.85. The summed E-state index contributed by atoms with van der Waals surface area (Å²) in [6.07, 6.45) is 1.85. The molecule has 0 unspecified atom stereocenters. The van der Waals surface area contributed by atoms with Gasteiger partial charge in [0.1, 0.15) is 11.4 Å². The molecule has 0 N–H and O–H groups in total. The summed E-state index contributed by atoms with van der Waals surface area (Å²) >= 11 is 1.80. The van der Waals surface area contributed by atoms with Crippen molar-refractivity contribution in [3.8, 4) is 22.6 Å². The minimum atomic E-state index is 0.796. The van der Waals surface area contributed by atoms with Gasteiger partial charge in [-0.1, -0.05) is 109 Å². The first kappa shape index (κ1) is 29.2. The molecule has 11 aromatic rings. The third-order valence-corrected chi connectivity index (χ3v) is 11.2. The standard InChI is InChI=1S/C47H29N3OS/c1-2-11-30(12-3-1)31-13-10-14-32(25-31)49-41-18-7-4-15-35(41)38-26-33(21-23-43(38)49)52-34-22-24-44-39(27-34)36-16-5-8-19-42(36)50(44)47-28-40-37-17-6-9-20-45(37)51-46(40)29-48-47/h1-29H. The first-order chi connectivity index (χ1) is 25.8. The first-order valence-electron chi connectivity index (χ1n) is 17.4. The molecule has 0 saturated heterocycles. The maximum absolute atomic E-state index is 6.09. The molecule has 11 rings (SSSR count). The van der Waals surface area contributed by atoms with Gasteiger partial charge in [-0.3, -0.25) is 4.57 Å². The maximum Gasteiger partial charge on any atom is 0.153 e. The Hall–Kier alpha value is -6.56. The van der Waals surface area contributed by atoms with Crippen LogP contribution in [-0.4, -0.2) is 14.1 Å². The van der Waals surface area contributed by atoms with Crippen LogP contribution in [-0.2, 0) is 0 Å². The number of fused-ring (bicyclic) bond motifs is 9. The summed E-state index contributed by atoms with van der Waals surface area (Å²) in [7, 11) is 0.